The lowest BCUT2D eigenvalue weighted by Gasteiger charge is -2.04. The van der Waals surface area contributed by atoms with Gasteiger partial charge in [-0.1, -0.05) is 18.2 Å². The van der Waals surface area contributed by atoms with Crippen molar-refractivity contribution in [2.45, 2.75) is 12.6 Å². The molecule has 0 aliphatic rings. The SMILES string of the molecule is NCCC=Cc1ccc(C(F)(F)F)nc1. The predicted octanol–water partition coefficient (Wildman–Crippen LogP) is 2.46. The molecule has 2 nitrogen and oxygen atoms in total. The minimum absolute atomic E-state index is 0.518. The van der Waals surface area contributed by atoms with Crippen LogP contribution in [0.15, 0.2) is 24.4 Å². The Morgan fingerprint density at radius 2 is 2.07 bits per heavy atom. The van der Waals surface area contributed by atoms with E-state index < -0.39 is 11.9 Å². The molecule has 1 rings (SSSR count). The molecule has 0 aliphatic heterocycles. The van der Waals surface area contributed by atoms with E-state index in [1.807, 2.05) is 0 Å². The molecule has 2 N–H and O–H groups in total. The highest BCUT2D eigenvalue weighted by molar-refractivity contribution is 5.47. The summed E-state index contributed by atoms with van der Waals surface area (Å²) < 4.78 is 36.4. The van der Waals surface area contributed by atoms with Crippen molar-refractivity contribution in [3.05, 3.63) is 35.7 Å². The van der Waals surface area contributed by atoms with Gasteiger partial charge in [-0.05, 0) is 24.6 Å². The van der Waals surface area contributed by atoms with E-state index in [4.69, 9.17) is 5.73 Å². The number of alkyl halides is 3. The van der Waals surface area contributed by atoms with Crippen LogP contribution < -0.4 is 5.73 Å². The van der Waals surface area contributed by atoms with E-state index in [0.717, 1.165) is 6.07 Å². The minimum Gasteiger partial charge on any atom is -0.330 e. The topological polar surface area (TPSA) is 38.9 Å². The second-order valence-corrected chi connectivity index (χ2v) is 2.95. The van der Waals surface area contributed by atoms with E-state index in [9.17, 15) is 13.2 Å². The first-order chi connectivity index (χ1) is 7.04. The summed E-state index contributed by atoms with van der Waals surface area (Å²) in [7, 11) is 0. The highest BCUT2D eigenvalue weighted by Gasteiger charge is 2.31. The van der Waals surface area contributed by atoms with Gasteiger partial charge in [-0.25, -0.2) is 0 Å². The molecule has 1 heterocycles. The summed E-state index contributed by atoms with van der Waals surface area (Å²) in [6, 6.07) is 2.34. The van der Waals surface area contributed by atoms with Gasteiger partial charge in [0.25, 0.3) is 0 Å². The fraction of sp³-hybridized carbons (Fsp3) is 0.300. The standard InChI is InChI=1S/C10H11F3N2/c11-10(12,13)9-5-4-8(7-15-9)3-1-2-6-14/h1,3-5,7H,2,6,14H2. The van der Waals surface area contributed by atoms with Crippen LogP contribution in [0.4, 0.5) is 13.2 Å². The van der Waals surface area contributed by atoms with Crippen molar-refractivity contribution in [3.63, 3.8) is 0 Å². The second kappa shape index (κ2) is 4.93. The number of halogens is 3. The van der Waals surface area contributed by atoms with Crippen LogP contribution >= 0.6 is 0 Å². The Hall–Kier alpha value is -1.36. The Balaban J connectivity index is 2.73. The lowest BCUT2D eigenvalue weighted by atomic mass is 10.2. The molecule has 0 spiro atoms. The number of nitrogens with zero attached hydrogens (tertiary/aromatic N) is 1. The maximum atomic E-state index is 12.1. The molecular formula is C10H11F3N2. The minimum atomic E-state index is -4.38. The van der Waals surface area contributed by atoms with E-state index in [-0.39, 0.29) is 0 Å². The van der Waals surface area contributed by atoms with Gasteiger partial charge in [0.2, 0.25) is 0 Å². The zero-order chi connectivity index (χ0) is 11.3. The van der Waals surface area contributed by atoms with Crippen LogP contribution in [-0.2, 0) is 6.18 Å². The first-order valence-electron chi connectivity index (χ1n) is 4.44. The zero-order valence-corrected chi connectivity index (χ0v) is 7.96. The summed E-state index contributed by atoms with van der Waals surface area (Å²) >= 11 is 0. The molecule has 0 unspecified atom stereocenters. The van der Waals surface area contributed by atoms with Crippen LogP contribution in [-0.4, -0.2) is 11.5 Å². The van der Waals surface area contributed by atoms with Crippen LogP contribution in [0.25, 0.3) is 6.08 Å². The van der Waals surface area contributed by atoms with Crippen molar-refractivity contribution >= 4 is 6.08 Å². The summed E-state index contributed by atoms with van der Waals surface area (Å²) in [5.41, 5.74) is 5.02. The third kappa shape index (κ3) is 3.71. The van der Waals surface area contributed by atoms with Gasteiger partial charge < -0.3 is 5.73 Å². The number of rotatable bonds is 3. The Morgan fingerprint density at radius 3 is 2.53 bits per heavy atom. The summed E-state index contributed by atoms with van der Waals surface area (Å²) in [6.07, 6.45) is 1.00. The van der Waals surface area contributed by atoms with E-state index in [1.54, 1.807) is 12.2 Å². The second-order valence-electron chi connectivity index (χ2n) is 2.95. The van der Waals surface area contributed by atoms with Gasteiger partial charge in [0, 0.05) is 6.20 Å². The smallest absolute Gasteiger partial charge is 0.330 e. The number of nitrogens with two attached hydrogens (primary N) is 1. The van der Waals surface area contributed by atoms with E-state index in [2.05, 4.69) is 4.98 Å². The number of pyridine rings is 1. The fourth-order valence-corrected chi connectivity index (χ4v) is 0.987. The third-order valence-corrected chi connectivity index (χ3v) is 1.72. The van der Waals surface area contributed by atoms with Crippen molar-refractivity contribution in [2.24, 2.45) is 5.73 Å². The van der Waals surface area contributed by atoms with Gasteiger partial charge >= 0.3 is 6.18 Å². The predicted molar refractivity (Wildman–Crippen MR) is 51.9 cm³/mol. The maximum absolute atomic E-state index is 12.1. The van der Waals surface area contributed by atoms with E-state index in [0.29, 0.717) is 18.5 Å². The molecule has 5 heteroatoms. The molecule has 0 amide bonds. The lowest BCUT2D eigenvalue weighted by molar-refractivity contribution is -0.141. The lowest BCUT2D eigenvalue weighted by Crippen LogP contribution is -2.07. The molecule has 15 heavy (non-hydrogen) atoms. The third-order valence-electron chi connectivity index (χ3n) is 1.72. The van der Waals surface area contributed by atoms with Crippen molar-refractivity contribution in [3.8, 4) is 0 Å². The summed E-state index contributed by atoms with van der Waals surface area (Å²) in [5.74, 6) is 0. The van der Waals surface area contributed by atoms with Crippen molar-refractivity contribution < 1.29 is 13.2 Å². The molecule has 0 saturated carbocycles. The largest absolute Gasteiger partial charge is 0.433 e. The van der Waals surface area contributed by atoms with E-state index in [1.165, 1.54) is 12.3 Å². The van der Waals surface area contributed by atoms with Gasteiger partial charge in [-0.2, -0.15) is 13.2 Å². The first-order valence-corrected chi connectivity index (χ1v) is 4.44. The average Bonchev–Trinajstić information content (AvgIpc) is 2.18. The van der Waals surface area contributed by atoms with Gasteiger partial charge in [-0.15, -0.1) is 0 Å². The number of hydrogen-bond donors (Lipinski definition) is 1. The van der Waals surface area contributed by atoms with Gasteiger partial charge in [0.1, 0.15) is 5.69 Å². The molecule has 1 aromatic heterocycles. The molecule has 0 bridgehead atoms. The molecule has 0 fully saturated rings. The summed E-state index contributed by atoms with van der Waals surface area (Å²) in [4.78, 5) is 3.32. The highest BCUT2D eigenvalue weighted by Crippen LogP contribution is 2.27. The molecule has 0 aromatic carbocycles. The molecule has 0 aliphatic carbocycles. The van der Waals surface area contributed by atoms with E-state index >= 15 is 0 Å². The molecule has 82 valence electrons. The van der Waals surface area contributed by atoms with Crippen LogP contribution in [0, 0.1) is 0 Å². The quantitative estimate of drug-likeness (QED) is 0.842. The molecule has 1 aromatic rings. The van der Waals surface area contributed by atoms with Crippen LogP contribution in [0.1, 0.15) is 17.7 Å². The van der Waals surface area contributed by atoms with Crippen molar-refractivity contribution in [1.82, 2.24) is 4.98 Å². The molecule has 0 atom stereocenters. The van der Waals surface area contributed by atoms with Gasteiger partial charge in [0.05, 0.1) is 0 Å². The molecule has 0 saturated heterocycles. The molecular weight excluding hydrogens is 205 g/mol. The number of hydrogen-bond acceptors (Lipinski definition) is 2. The zero-order valence-electron chi connectivity index (χ0n) is 7.96. The summed E-state index contributed by atoms with van der Waals surface area (Å²) in [6.45, 7) is 0.518. The Labute approximate surface area is 85.6 Å². The van der Waals surface area contributed by atoms with Crippen LogP contribution in [0.2, 0.25) is 0 Å². The maximum Gasteiger partial charge on any atom is 0.433 e. The van der Waals surface area contributed by atoms with Gasteiger partial charge in [0.15, 0.2) is 0 Å². The Kier molecular flexibility index (Phi) is 3.85. The number of aromatic nitrogens is 1. The van der Waals surface area contributed by atoms with Gasteiger partial charge in [-0.3, -0.25) is 4.98 Å². The average molecular weight is 216 g/mol. The van der Waals surface area contributed by atoms with Crippen molar-refractivity contribution in [2.75, 3.05) is 6.54 Å². The van der Waals surface area contributed by atoms with Crippen molar-refractivity contribution in [1.29, 1.82) is 0 Å². The fourth-order valence-electron chi connectivity index (χ4n) is 0.987. The van der Waals surface area contributed by atoms with Crippen LogP contribution in [0.5, 0.6) is 0 Å². The highest BCUT2D eigenvalue weighted by atomic mass is 19.4. The normalized spacial score (nSPS) is 12.3. The monoisotopic (exact) mass is 216 g/mol. The molecule has 0 radical (unpaired) electrons. The summed E-state index contributed by atoms with van der Waals surface area (Å²) in [5, 5.41) is 0. The Morgan fingerprint density at radius 1 is 1.33 bits per heavy atom. The van der Waals surface area contributed by atoms with Crippen LogP contribution in [0.3, 0.4) is 0 Å². The first kappa shape index (κ1) is 11.7. The Bertz CT molecular complexity index is 328.